The molecule has 92 valence electrons. The molecule has 0 radical (unpaired) electrons. The van der Waals surface area contributed by atoms with Gasteiger partial charge in [0.1, 0.15) is 0 Å². The summed E-state index contributed by atoms with van der Waals surface area (Å²) in [5, 5.41) is 0. The van der Waals surface area contributed by atoms with Crippen molar-refractivity contribution in [2.45, 2.75) is 44.4 Å². The van der Waals surface area contributed by atoms with Gasteiger partial charge in [-0.05, 0) is 18.4 Å². The maximum Gasteiger partial charge on any atom is 0.221 e. The Balaban J connectivity index is 2.39. The van der Waals surface area contributed by atoms with Gasteiger partial charge in [0, 0.05) is 11.3 Å². The topological polar surface area (TPSA) is 43.1 Å². The van der Waals surface area contributed by atoms with Crippen molar-refractivity contribution in [3.8, 4) is 0 Å². The van der Waals surface area contributed by atoms with Crippen molar-refractivity contribution in [3.63, 3.8) is 0 Å². The first-order valence-corrected chi connectivity index (χ1v) is 6.52. The van der Waals surface area contributed by atoms with Crippen molar-refractivity contribution >= 4 is 5.91 Å². The summed E-state index contributed by atoms with van der Waals surface area (Å²) in [7, 11) is 0. The van der Waals surface area contributed by atoms with E-state index in [1.807, 2.05) is 13.0 Å². The zero-order valence-electron chi connectivity index (χ0n) is 10.5. The molecule has 1 aromatic carbocycles. The minimum Gasteiger partial charge on any atom is -0.369 e. The van der Waals surface area contributed by atoms with Crippen LogP contribution in [0.25, 0.3) is 0 Å². The van der Waals surface area contributed by atoms with Gasteiger partial charge in [-0.25, -0.2) is 0 Å². The fourth-order valence-corrected chi connectivity index (χ4v) is 3.20. The predicted octanol–water partition coefficient (Wildman–Crippen LogP) is 3.01. The Kier molecular flexibility index (Phi) is 3.51. The van der Waals surface area contributed by atoms with Crippen LogP contribution in [0.2, 0.25) is 0 Å². The van der Waals surface area contributed by atoms with Crippen LogP contribution >= 0.6 is 0 Å². The summed E-state index contributed by atoms with van der Waals surface area (Å²) < 4.78 is 0. The Morgan fingerprint density at radius 3 is 2.29 bits per heavy atom. The Morgan fingerprint density at radius 1 is 1.18 bits per heavy atom. The van der Waals surface area contributed by atoms with Gasteiger partial charge in [0.15, 0.2) is 0 Å². The minimum absolute atomic E-state index is 0.0225. The molecule has 1 fully saturated rings. The SMILES string of the molecule is CC(C(N)=O)C1(c2ccccc2)CCCCC1. The number of hydrogen-bond acceptors (Lipinski definition) is 1. The normalized spacial score (nSPS) is 20.8. The second kappa shape index (κ2) is 4.91. The van der Waals surface area contributed by atoms with Crippen LogP contribution in [0.4, 0.5) is 0 Å². The molecule has 0 heterocycles. The Bertz CT molecular complexity index is 379. The molecule has 17 heavy (non-hydrogen) atoms. The van der Waals surface area contributed by atoms with Crippen LogP contribution in [0.1, 0.15) is 44.6 Å². The Morgan fingerprint density at radius 2 is 1.76 bits per heavy atom. The van der Waals surface area contributed by atoms with Gasteiger partial charge in [-0.15, -0.1) is 0 Å². The van der Waals surface area contributed by atoms with Gasteiger partial charge in [0.2, 0.25) is 5.91 Å². The maximum atomic E-state index is 11.6. The molecule has 2 heteroatoms. The molecule has 1 atom stereocenters. The molecule has 0 saturated heterocycles. The van der Waals surface area contributed by atoms with Crippen LogP contribution < -0.4 is 5.73 Å². The van der Waals surface area contributed by atoms with Crippen molar-refractivity contribution < 1.29 is 4.79 Å². The highest BCUT2D eigenvalue weighted by atomic mass is 16.1. The van der Waals surface area contributed by atoms with Gasteiger partial charge < -0.3 is 5.73 Å². The third kappa shape index (κ3) is 2.21. The molecule has 1 amide bonds. The largest absolute Gasteiger partial charge is 0.369 e. The zero-order chi connectivity index (χ0) is 12.3. The van der Waals surface area contributed by atoms with Crippen LogP contribution in [0, 0.1) is 5.92 Å². The molecule has 2 rings (SSSR count). The summed E-state index contributed by atoms with van der Waals surface area (Å²) in [5.41, 5.74) is 6.81. The second-order valence-electron chi connectivity index (χ2n) is 5.21. The molecule has 2 nitrogen and oxygen atoms in total. The van der Waals surface area contributed by atoms with Gasteiger partial charge in [0.25, 0.3) is 0 Å². The molecular formula is C15H21NO. The molecule has 1 aliphatic carbocycles. The summed E-state index contributed by atoms with van der Waals surface area (Å²) >= 11 is 0. The summed E-state index contributed by atoms with van der Waals surface area (Å²) in [5.74, 6) is -0.249. The summed E-state index contributed by atoms with van der Waals surface area (Å²) in [6.45, 7) is 1.99. The number of nitrogens with two attached hydrogens (primary N) is 1. The fraction of sp³-hybridized carbons (Fsp3) is 0.533. The van der Waals surface area contributed by atoms with E-state index in [0.29, 0.717) is 0 Å². The first-order chi connectivity index (χ1) is 8.17. The van der Waals surface area contributed by atoms with Crippen molar-refractivity contribution in [1.82, 2.24) is 0 Å². The summed E-state index contributed by atoms with van der Waals surface area (Å²) in [4.78, 5) is 11.6. The number of hydrogen-bond donors (Lipinski definition) is 1. The van der Waals surface area contributed by atoms with Gasteiger partial charge in [-0.2, -0.15) is 0 Å². The van der Waals surface area contributed by atoms with Gasteiger partial charge in [-0.1, -0.05) is 56.5 Å². The quantitative estimate of drug-likeness (QED) is 0.853. The van der Waals surface area contributed by atoms with Gasteiger partial charge >= 0.3 is 0 Å². The Hall–Kier alpha value is -1.31. The maximum absolute atomic E-state index is 11.6. The molecule has 0 spiro atoms. The van der Waals surface area contributed by atoms with E-state index >= 15 is 0 Å². The molecule has 0 aromatic heterocycles. The van der Waals surface area contributed by atoms with E-state index in [1.54, 1.807) is 0 Å². The predicted molar refractivity (Wildman–Crippen MR) is 69.6 cm³/mol. The average molecular weight is 231 g/mol. The molecule has 2 N–H and O–H groups in total. The fourth-order valence-electron chi connectivity index (χ4n) is 3.20. The van der Waals surface area contributed by atoms with E-state index in [0.717, 1.165) is 12.8 Å². The van der Waals surface area contributed by atoms with Gasteiger partial charge in [0.05, 0.1) is 0 Å². The van der Waals surface area contributed by atoms with Crippen molar-refractivity contribution in [1.29, 1.82) is 0 Å². The van der Waals surface area contributed by atoms with E-state index in [9.17, 15) is 4.79 Å². The van der Waals surface area contributed by atoms with Crippen LogP contribution in [0.3, 0.4) is 0 Å². The van der Waals surface area contributed by atoms with E-state index in [-0.39, 0.29) is 17.2 Å². The number of amides is 1. The number of carbonyl (C=O) groups excluding carboxylic acids is 1. The standard InChI is InChI=1S/C15H21NO/c1-12(14(16)17)15(10-6-3-7-11-15)13-8-4-2-5-9-13/h2,4-5,8-9,12H,3,6-7,10-11H2,1H3,(H2,16,17). The molecular weight excluding hydrogens is 210 g/mol. The highest BCUT2D eigenvalue weighted by Crippen LogP contribution is 2.44. The monoisotopic (exact) mass is 231 g/mol. The first-order valence-electron chi connectivity index (χ1n) is 6.52. The number of rotatable bonds is 3. The van der Waals surface area contributed by atoms with E-state index in [4.69, 9.17) is 5.73 Å². The Labute approximate surface area is 103 Å². The van der Waals surface area contributed by atoms with E-state index in [1.165, 1.54) is 24.8 Å². The number of primary amides is 1. The lowest BCUT2D eigenvalue weighted by Gasteiger charge is -2.41. The molecule has 1 saturated carbocycles. The van der Waals surface area contributed by atoms with Crippen molar-refractivity contribution in [2.75, 3.05) is 0 Å². The first kappa shape index (κ1) is 12.2. The summed E-state index contributed by atoms with van der Waals surface area (Å²) in [6, 6.07) is 10.4. The lowest BCUT2D eigenvalue weighted by molar-refractivity contribution is -0.124. The molecule has 1 aromatic rings. The molecule has 0 bridgehead atoms. The van der Waals surface area contributed by atoms with E-state index in [2.05, 4.69) is 24.3 Å². The molecule has 1 unspecified atom stereocenters. The highest BCUT2D eigenvalue weighted by molar-refractivity contribution is 5.78. The van der Waals surface area contributed by atoms with Crippen molar-refractivity contribution in [3.05, 3.63) is 35.9 Å². The third-order valence-electron chi connectivity index (χ3n) is 4.35. The number of benzene rings is 1. The van der Waals surface area contributed by atoms with Crippen molar-refractivity contribution in [2.24, 2.45) is 11.7 Å². The van der Waals surface area contributed by atoms with Crippen LogP contribution in [-0.4, -0.2) is 5.91 Å². The second-order valence-corrected chi connectivity index (χ2v) is 5.21. The highest BCUT2D eigenvalue weighted by Gasteiger charge is 2.41. The van der Waals surface area contributed by atoms with Crippen LogP contribution in [0.5, 0.6) is 0 Å². The number of carbonyl (C=O) groups is 1. The molecule has 1 aliphatic rings. The minimum atomic E-state index is -0.171. The average Bonchev–Trinajstić information content (AvgIpc) is 2.39. The van der Waals surface area contributed by atoms with Crippen LogP contribution in [-0.2, 0) is 10.2 Å². The van der Waals surface area contributed by atoms with E-state index < -0.39 is 0 Å². The van der Waals surface area contributed by atoms with Gasteiger partial charge in [-0.3, -0.25) is 4.79 Å². The lowest BCUT2D eigenvalue weighted by atomic mass is 9.62. The lowest BCUT2D eigenvalue weighted by Crippen LogP contribution is -2.42. The smallest absolute Gasteiger partial charge is 0.221 e. The third-order valence-corrected chi connectivity index (χ3v) is 4.35. The zero-order valence-corrected chi connectivity index (χ0v) is 10.5. The summed E-state index contributed by atoms with van der Waals surface area (Å²) in [6.07, 6.45) is 5.85. The molecule has 0 aliphatic heterocycles. The van der Waals surface area contributed by atoms with Crippen LogP contribution in [0.15, 0.2) is 30.3 Å².